The fourth-order valence-corrected chi connectivity index (χ4v) is 3.09. The van der Waals surface area contributed by atoms with Gasteiger partial charge in [0.15, 0.2) is 0 Å². The number of esters is 1. The molecular weight excluding hydrogens is 252 g/mol. The number of benzene rings is 1. The highest BCUT2D eigenvalue weighted by molar-refractivity contribution is 6.30. The minimum absolute atomic E-state index is 0.0637. The molecule has 0 heterocycles. The molecule has 4 heteroatoms. The summed E-state index contributed by atoms with van der Waals surface area (Å²) in [5, 5.41) is 0.585. The van der Waals surface area contributed by atoms with Crippen molar-refractivity contribution in [3.8, 4) is 0 Å². The zero-order chi connectivity index (χ0) is 12.7. The first-order chi connectivity index (χ1) is 8.63. The van der Waals surface area contributed by atoms with Crippen molar-refractivity contribution >= 4 is 23.4 Å². The molecule has 0 aliphatic heterocycles. The maximum absolute atomic E-state index is 11.9. The Hall–Kier alpha value is -1.35. The number of rotatable bonds is 2. The van der Waals surface area contributed by atoms with Gasteiger partial charge in [0.05, 0.1) is 11.5 Å². The van der Waals surface area contributed by atoms with Gasteiger partial charge in [-0.2, -0.15) is 0 Å². The Balaban J connectivity index is 1.68. The smallest absolute Gasteiger partial charge is 0.338 e. The van der Waals surface area contributed by atoms with Gasteiger partial charge in [-0.1, -0.05) is 11.6 Å². The van der Waals surface area contributed by atoms with Gasteiger partial charge in [0.2, 0.25) is 0 Å². The molecule has 0 amide bonds. The van der Waals surface area contributed by atoms with Crippen LogP contribution in [0.5, 0.6) is 0 Å². The van der Waals surface area contributed by atoms with E-state index in [1.54, 1.807) is 24.3 Å². The van der Waals surface area contributed by atoms with Crippen molar-refractivity contribution in [3.05, 3.63) is 34.9 Å². The molecule has 18 heavy (non-hydrogen) atoms. The Kier molecular flexibility index (Phi) is 2.86. The van der Waals surface area contributed by atoms with Gasteiger partial charge in [-0.15, -0.1) is 0 Å². The minimum Gasteiger partial charge on any atom is -0.458 e. The van der Waals surface area contributed by atoms with Gasteiger partial charge in [-0.3, -0.25) is 4.79 Å². The van der Waals surface area contributed by atoms with E-state index in [1.807, 2.05) is 0 Å². The zero-order valence-electron chi connectivity index (χ0n) is 9.77. The van der Waals surface area contributed by atoms with Crippen LogP contribution < -0.4 is 0 Å². The third-order valence-corrected chi connectivity index (χ3v) is 4.10. The molecule has 2 aliphatic rings. The molecule has 0 spiro atoms. The van der Waals surface area contributed by atoms with Crippen molar-refractivity contribution in [2.45, 2.75) is 25.4 Å². The topological polar surface area (TPSA) is 43.4 Å². The summed E-state index contributed by atoms with van der Waals surface area (Å²) in [4.78, 5) is 23.5. The predicted molar refractivity (Wildman–Crippen MR) is 66.5 cm³/mol. The summed E-state index contributed by atoms with van der Waals surface area (Å²) in [5.74, 6) is 0.244. The van der Waals surface area contributed by atoms with E-state index in [4.69, 9.17) is 16.3 Å². The second-order valence-electron chi connectivity index (χ2n) is 5.07. The van der Waals surface area contributed by atoms with Crippen LogP contribution in [0.3, 0.4) is 0 Å². The number of hydrogen-bond donors (Lipinski definition) is 0. The number of carbonyl (C=O) groups excluding carboxylic acids is 2. The predicted octanol–water partition coefficient (Wildman–Crippen LogP) is 2.86. The standard InChI is InChI=1S/C14H13ClO3/c15-10-3-1-9(2-4-10)14(17)18-13-7-8-5-11(13)12(16)6-8/h1-4,8,11,13H,5-7H2/t8-,11+,13-/m0/s1. The number of halogens is 1. The van der Waals surface area contributed by atoms with Crippen molar-refractivity contribution in [1.82, 2.24) is 0 Å². The lowest BCUT2D eigenvalue weighted by atomic mass is 9.96. The zero-order valence-corrected chi connectivity index (χ0v) is 10.5. The van der Waals surface area contributed by atoms with Crippen LogP contribution in [0, 0.1) is 11.8 Å². The van der Waals surface area contributed by atoms with Crippen molar-refractivity contribution in [3.63, 3.8) is 0 Å². The molecule has 0 radical (unpaired) electrons. The van der Waals surface area contributed by atoms with Crippen LogP contribution in [0.1, 0.15) is 29.6 Å². The maximum Gasteiger partial charge on any atom is 0.338 e. The summed E-state index contributed by atoms with van der Waals surface area (Å²) in [5.41, 5.74) is 0.481. The minimum atomic E-state index is -0.364. The highest BCUT2D eigenvalue weighted by Crippen LogP contribution is 2.43. The molecule has 0 aromatic heterocycles. The van der Waals surface area contributed by atoms with Crippen molar-refractivity contribution in [1.29, 1.82) is 0 Å². The Morgan fingerprint density at radius 1 is 1.22 bits per heavy atom. The van der Waals surface area contributed by atoms with Crippen LogP contribution in [-0.4, -0.2) is 17.9 Å². The van der Waals surface area contributed by atoms with Crippen LogP contribution in [-0.2, 0) is 9.53 Å². The molecule has 3 rings (SSSR count). The van der Waals surface area contributed by atoms with E-state index in [1.165, 1.54) is 0 Å². The van der Waals surface area contributed by atoms with E-state index in [-0.39, 0.29) is 23.8 Å². The SMILES string of the molecule is O=C(O[C@H]1C[C@@H]2CC(=O)[C@H]1C2)c1ccc(Cl)cc1. The fourth-order valence-electron chi connectivity index (χ4n) is 2.96. The molecule has 3 atom stereocenters. The molecule has 1 aromatic carbocycles. The molecule has 2 saturated carbocycles. The van der Waals surface area contributed by atoms with Gasteiger partial charge in [-0.25, -0.2) is 4.79 Å². The molecule has 2 bridgehead atoms. The van der Waals surface area contributed by atoms with Crippen molar-refractivity contribution in [2.24, 2.45) is 11.8 Å². The Morgan fingerprint density at radius 3 is 2.56 bits per heavy atom. The number of fused-ring (bicyclic) bond motifs is 2. The van der Waals surface area contributed by atoms with Crippen LogP contribution >= 0.6 is 11.6 Å². The van der Waals surface area contributed by atoms with Crippen LogP contribution in [0.25, 0.3) is 0 Å². The van der Waals surface area contributed by atoms with Crippen LogP contribution in [0.2, 0.25) is 5.02 Å². The second-order valence-corrected chi connectivity index (χ2v) is 5.50. The third-order valence-electron chi connectivity index (χ3n) is 3.84. The Morgan fingerprint density at radius 2 is 1.94 bits per heavy atom. The van der Waals surface area contributed by atoms with Crippen molar-refractivity contribution in [2.75, 3.05) is 0 Å². The highest BCUT2D eigenvalue weighted by Gasteiger charge is 2.47. The molecule has 94 valence electrons. The van der Waals surface area contributed by atoms with E-state index in [9.17, 15) is 9.59 Å². The molecule has 3 nitrogen and oxygen atoms in total. The number of Topliss-reactive ketones (excluding diaryl/α,β-unsaturated/α-hetero) is 1. The van der Waals surface area contributed by atoms with Gasteiger partial charge >= 0.3 is 5.97 Å². The largest absolute Gasteiger partial charge is 0.458 e. The lowest BCUT2D eigenvalue weighted by Crippen LogP contribution is -2.29. The lowest BCUT2D eigenvalue weighted by Gasteiger charge is -2.21. The fraction of sp³-hybridized carbons (Fsp3) is 0.429. The summed E-state index contributed by atoms with van der Waals surface area (Å²) in [6.07, 6.45) is 2.16. The summed E-state index contributed by atoms with van der Waals surface area (Å²) < 4.78 is 5.44. The van der Waals surface area contributed by atoms with E-state index >= 15 is 0 Å². The van der Waals surface area contributed by atoms with Crippen molar-refractivity contribution < 1.29 is 14.3 Å². The average molecular weight is 265 g/mol. The summed E-state index contributed by atoms with van der Waals surface area (Å²) in [6.45, 7) is 0. The van der Waals surface area contributed by atoms with E-state index in [0.29, 0.717) is 22.9 Å². The van der Waals surface area contributed by atoms with Gasteiger partial charge in [0, 0.05) is 11.4 Å². The molecular formula is C14H13ClO3. The number of hydrogen-bond acceptors (Lipinski definition) is 3. The highest BCUT2D eigenvalue weighted by atomic mass is 35.5. The number of ether oxygens (including phenoxy) is 1. The first-order valence-corrected chi connectivity index (χ1v) is 6.50. The Bertz CT molecular complexity index is 494. The van der Waals surface area contributed by atoms with Crippen LogP contribution in [0.4, 0.5) is 0 Å². The van der Waals surface area contributed by atoms with Gasteiger partial charge < -0.3 is 4.74 Å². The van der Waals surface area contributed by atoms with Gasteiger partial charge in [0.1, 0.15) is 11.9 Å². The summed E-state index contributed by atoms with van der Waals surface area (Å²) >= 11 is 5.76. The molecule has 0 N–H and O–H groups in total. The molecule has 2 fully saturated rings. The van der Waals surface area contributed by atoms with E-state index in [0.717, 1.165) is 12.8 Å². The maximum atomic E-state index is 11.9. The third kappa shape index (κ3) is 2.03. The monoisotopic (exact) mass is 264 g/mol. The van der Waals surface area contributed by atoms with Gasteiger partial charge in [-0.05, 0) is 43.0 Å². The average Bonchev–Trinajstić information content (AvgIpc) is 2.88. The second kappa shape index (κ2) is 4.39. The molecule has 0 unspecified atom stereocenters. The van der Waals surface area contributed by atoms with E-state index < -0.39 is 0 Å². The van der Waals surface area contributed by atoms with Crippen LogP contribution in [0.15, 0.2) is 24.3 Å². The van der Waals surface area contributed by atoms with Gasteiger partial charge in [0.25, 0.3) is 0 Å². The quantitative estimate of drug-likeness (QED) is 0.772. The Labute approximate surface area is 110 Å². The lowest BCUT2D eigenvalue weighted by molar-refractivity contribution is -0.125. The molecule has 0 saturated heterocycles. The number of carbonyl (C=O) groups is 2. The first-order valence-electron chi connectivity index (χ1n) is 6.13. The normalized spacial score (nSPS) is 29.6. The summed E-state index contributed by atoms with van der Waals surface area (Å²) in [6, 6.07) is 6.59. The summed E-state index contributed by atoms with van der Waals surface area (Å²) in [7, 11) is 0. The molecule has 1 aromatic rings. The number of ketones is 1. The molecule has 2 aliphatic carbocycles. The first kappa shape index (κ1) is 11.7. The van der Waals surface area contributed by atoms with E-state index in [2.05, 4.69) is 0 Å².